The van der Waals surface area contributed by atoms with Crippen molar-refractivity contribution in [3.63, 3.8) is 0 Å². The quantitative estimate of drug-likeness (QED) is 0.484. The lowest BCUT2D eigenvalue weighted by molar-refractivity contribution is 0.484. The third kappa shape index (κ3) is 2.24. The van der Waals surface area contributed by atoms with Gasteiger partial charge in [-0.2, -0.15) is 0 Å². The van der Waals surface area contributed by atoms with Crippen LogP contribution >= 0.6 is 0 Å². The summed E-state index contributed by atoms with van der Waals surface area (Å²) in [7, 11) is 0. The van der Waals surface area contributed by atoms with E-state index in [1.165, 1.54) is 12.5 Å². The van der Waals surface area contributed by atoms with E-state index in [4.69, 9.17) is 9.47 Å². The Balaban J connectivity index is 2.17. The Bertz CT molecular complexity index is 733. The van der Waals surface area contributed by atoms with E-state index < -0.39 is 0 Å². The Labute approximate surface area is 117 Å². The lowest BCUT2D eigenvalue weighted by Crippen LogP contribution is -1.83. The molecular formula is C18H14O2. The smallest absolute Gasteiger partial charge is 0.127 e. The summed E-state index contributed by atoms with van der Waals surface area (Å²) in [5.74, 6) is 1.58. The molecule has 98 valence electrons. The van der Waals surface area contributed by atoms with Gasteiger partial charge in [0.1, 0.15) is 11.5 Å². The molecule has 0 saturated carbocycles. The highest BCUT2D eigenvalue weighted by Crippen LogP contribution is 2.28. The van der Waals surface area contributed by atoms with Crippen LogP contribution in [0.15, 0.2) is 74.2 Å². The van der Waals surface area contributed by atoms with Gasteiger partial charge >= 0.3 is 0 Å². The predicted octanol–water partition coefficient (Wildman–Crippen LogP) is 5.04. The third-order valence-electron chi connectivity index (χ3n) is 3.18. The molecule has 0 radical (unpaired) electrons. The molecule has 2 heteroatoms. The molecule has 3 rings (SSSR count). The van der Waals surface area contributed by atoms with Crippen molar-refractivity contribution in [1.29, 1.82) is 0 Å². The summed E-state index contributed by atoms with van der Waals surface area (Å²) >= 11 is 0. The second kappa shape index (κ2) is 5.10. The van der Waals surface area contributed by atoms with Crippen LogP contribution < -0.4 is 9.47 Å². The molecule has 0 N–H and O–H groups in total. The normalized spacial score (nSPS) is 10.4. The summed E-state index contributed by atoms with van der Waals surface area (Å²) < 4.78 is 10.6. The molecule has 0 bridgehead atoms. The molecule has 0 spiro atoms. The molecule has 3 aromatic carbocycles. The summed E-state index contributed by atoms with van der Waals surface area (Å²) in [5, 5.41) is 4.58. The van der Waals surface area contributed by atoms with E-state index >= 15 is 0 Å². The van der Waals surface area contributed by atoms with Gasteiger partial charge in [-0.25, -0.2) is 0 Å². The molecule has 0 aliphatic rings. The van der Waals surface area contributed by atoms with Crippen LogP contribution in [-0.2, 0) is 0 Å². The van der Waals surface area contributed by atoms with Crippen molar-refractivity contribution in [3.8, 4) is 11.5 Å². The number of benzene rings is 3. The molecule has 0 atom stereocenters. The van der Waals surface area contributed by atoms with E-state index in [2.05, 4.69) is 25.3 Å². The Morgan fingerprint density at radius 3 is 1.45 bits per heavy atom. The van der Waals surface area contributed by atoms with Crippen molar-refractivity contribution < 1.29 is 9.47 Å². The third-order valence-corrected chi connectivity index (χ3v) is 3.18. The first kappa shape index (κ1) is 12.3. The average Bonchev–Trinajstić information content (AvgIpc) is 2.46. The van der Waals surface area contributed by atoms with E-state index in [0.29, 0.717) is 0 Å². The monoisotopic (exact) mass is 262 g/mol. The zero-order chi connectivity index (χ0) is 13.9. The molecule has 0 aliphatic heterocycles. The van der Waals surface area contributed by atoms with Gasteiger partial charge in [0.2, 0.25) is 0 Å². The number of rotatable bonds is 4. The van der Waals surface area contributed by atoms with Gasteiger partial charge in [-0.3, -0.25) is 0 Å². The average molecular weight is 262 g/mol. The van der Waals surface area contributed by atoms with Crippen molar-refractivity contribution in [2.24, 2.45) is 0 Å². The van der Waals surface area contributed by atoms with Gasteiger partial charge in [-0.1, -0.05) is 25.3 Å². The van der Waals surface area contributed by atoms with Crippen LogP contribution in [0.2, 0.25) is 0 Å². The summed E-state index contributed by atoms with van der Waals surface area (Å²) in [6, 6.07) is 16.2. The van der Waals surface area contributed by atoms with Crippen LogP contribution in [0, 0.1) is 0 Å². The fourth-order valence-corrected chi connectivity index (χ4v) is 2.29. The zero-order valence-corrected chi connectivity index (χ0v) is 11.0. The Kier molecular flexibility index (Phi) is 3.13. The minimum Gasteiger partial charge on any atom is -0.466 e. The predicted molar refractivity (Wildman–Crippen MR) is 83.1 cm³/mol. The lowest BCUT2D eigenvalue weighted by Gasteiger charge is -2.06. The van der Waals surface area contributed by atoms with Crippen LogP contribution in [-0.4, -0.2) is 0 Å². The largest absolute Gasteiger partial charge is 0.466 e. The van der Waals surface area contributed by atoms with Crippen molar-refractivity contribution in [1.82, 2.24) is 0 Å². The number of hydrogen-bond acceptors (Lipinski definition) is 2. The maximum absolute atomic E-state index is 5.31. The highest BCUT2D eigenvalue weighted by molar-refractivity contribution is 5.99. The maximum atomic E-state index is 5.31. The molecule has 3 aromatic rings. The SMILES string of the molecule is C=COc1ccc2cc3cc(OC=C)ccc3cc2c1. The first-order chi connectivity index (χ1) is 9.80. The zero-order valence-electron chi connectivity index (χ0n) is 11.0. The minimum atomic E-state index is 0.790. The Hall–Kier alpha value is -2.74. The molecule has 2 nitrogen and oxygen atoms in total. The topological polar surface area (TPSA) is 18.5 Å². The molecular weight excluding hydrogens is 248 g/mol. The molecule has 0 unspecified atom stereocenters. The summed E-state index contributed by atoms with van der Waals surface area (Å²) in [6.45, 7) is 7.14. The fraction of sp³-hybridized carbons (Fsp3) is 0. The van der Waals surface area contributed by atoms with E-state index in [1.807, 2.05) is 36.4 Å². The molecule has 0 amide bonds. The number of fused-ring (bicyclic) bond motifs is 2. The van der Waals surface area contributed by atoms with Gasteiger partial charge in [0, 0.05) is 0 Å². The first-order valence-electron chi connectivity index (χ1n) is 6.33. The minimum absolute atomic E-state index is 0.790. The summed E-state index contributed by atoms with van der Waals surface area (Å²) in [5.41, 5.74) is 0. The van der Waals surface area contributed by atoms with Crippen molar-refractivity contribution in [2.45, 2.75) is 0 Å². The molecule has 20 heavy (non-hydrogen) atoms. The maximum Gasteiger partial charge on any atom is 0.127 e. The molecule has 0 fully saturated rings. The van der Waals surface area contributed by atoms with Crippen LogP contribution in [0.25, 0.3) is 21.5 Å². The van der Waals surface area contributed by atoms with Crippen molar-refractivity contribution in [2.75, 3.05) is 0 Å². The summed E-state index contributed by atoms with van der Waals surface area (Å²) in [4.78, 5) is 0. The second-order valence-electron chi connectivity index (χ2n) is 4.44. The van der Waals surface area contributed by atoms with Gasteiger partial charge in [0.15, 0.2) is 0 Å². The molecule has 0 aliphatic carbocycles. The van der Waals surface area contributed by atoms with E-state index in [9.17, 15) is 0 Å². The van der Waals surface area contributed by atoms with Crippen LogP contribution in [0.5, 0.6) is 11.5 Å². The molecule has 0 heterocycles. The van der Waals surface area contributed by atoms with Gasteiger partial charge in [-0.15, -0.1) is 0 Å². The van der Waals surface area contributed by atoms with Gasteiger partial charge in [0.25, 0.3) is 0 Å². The Morgan fingerprint density at radius 1 is 0.600 bits per heavy atom. The van der Waals surface area contributed by atoms with Crippen molar-refractivity contribution in [3.05, 3.63) is 74.2 Å². The molecule has 0 saturated heterocycles. The highest BCUT2D eigenvalue weighted by Gasteiger charge is 2.02. The number of ether oxygens (including phenoxy) is 2. The van der Waals surface area contributed by atoms with E-state index in [1.54, 1.807) is 0 Å². The summed E-state index contributed by atoms with van der Waals surface area (Å²) in [6.07, 6.45) is 2.86. The second-order valence-corrected chi connectivity index (χ2v) is 4.44. The van der Waals surface area contributed by atoms with Gasteiger partial charge in [-0.05, 0) is 57.9 Å². The van der Waals surface area contributed by atoms with Crippen molar-refractivity contribution >= 4 is 21.5 Å². The standard InChI is InChI=1S/C18H14O2/c1-3-19-17-7-5-13-10-16-12-18(20-4-2)8-6-14(16)9-15(13)11-17/h3-12H,1-2H2. The van der Waals surface area contributed by atoms with E-state index in [-0.39, 0.29) is 0 Å². The van der Waals surface area contributed by atoms with Gasteiger partial charge in [0.05, 0.1) is 12.5 Å². The van der Waals surface area contributed by atoms with Crippen LogP contribution in [0.3, 0.4) is 0 Å². The molecule has 0 aromatic heterocycles. The van der Waals surface area contributed by atoms with Crippen LogP contribution in [0.4, 0.5) is 0 Å². The van der Waals surface area contributed by atoms with Crippen LogP contribution in [0.1, 0.15) is 0 Å². The fourth-order valence-electron chi connectivity index (χ4n) is 2.29. The number of hydrogen-bond donors (Lipinski definition) is 0. The highest BCUT2D eigenvalue weighted by atomic mass is 16.5. The first-order valence-corrected chi connectivity index (χ1v) is 6.33. The van der Waals surface area contributed by atoms with E-state index in [0.717, 1.165) is 33.0 Å². The Morgan fingerprint density at radius 2 is 1.05 bits per heavy atom. The lowest BCUT2D eigenvalue weighted by atomic mass is 10.0. The van der Waals surface area contributed by atoms with Gasteiger partial charge < -0.3 is 9.47 Å².